The number of likely N-dealkylation sites (N-methyl/N-ethyl adjacent to an activating group) is 1. The Balaban J connectivity index is 1.35. The molecule has 278 valence electrons. The van der Waals surface area contributed by atoms with Crippen LogP contribution in [0.2, 0.25) is 5.02 Å². The van der Waals surface area contributed by atoms with Gasteiger partial charge >= 0.3 is 0 Å². The van der Waals surface area contributed by atoms with Gasteiger partial charge in [-0.2, -0.15) is 0 Å². The standard InChI is InChI=1S/C41H51ClN4O5S/c1-27(2)45(5)41(48)39(22-30-10-12-31(13-11-30)26-46-28(3)8-7-9-29(46)4)43-40(47)25-38(32-14-18-35(42)19-15-32)44-52(49,50)37-21-17-33-23-36(51-6)20-16-34(33)24-37/h10-21,23-24,27-29,38-39,44H,7-9,22,25-26H2,1-6H3,(H,43,47)/t28-,29+,38-,39-/m1/s1. The van der Waals surface area contributed by atoms with Gasteiger partial charge in [0, 0.05) is 49.6 Å². The van der Waals surface area contributed by atoms with E-state index in [1.165, 1.54) is 30.9 Å². The Morgan fingerprint density at radius 2 is 1.52 bits per heavy atom. The Kier molecular flexibility index (Phi) is 13.0. The van der Waals surface area contributed by atoms with Gasteiger partial charge in [0.25, 0.3) is 0 Å². The van der Waals surface area contributed by atoms with E-state index in [0.29, 0.717) is 28.4 Å². The number of sulfonamides is 1. The quantitative estimate of drug-likeness (QED) is 0.141. The highest BCUT2D eigenvalue weighted by atomic mass is 35.5. The van der Waals surface area contributed by atoms with Crippen LogP contribution in [0, 0.1) is 0 Å². The number of nitrogens with one attached hydrogen (secondary N) is 2. The van der Waals surface area contributed by atoms with Gasteiger partial charge in [-0.15, -0.1) is 0 Å². The van der Waals surface area contributed by atoms with Crippen molar-refractivity contribution in [3.05, 3.63) is 107 Å². The number of ether oxygens (including phenoxy) is 1. The number of rotatable bonds is 14. The van der Waals surface area contributed by atoms with Crippen LogP contribution in [0.25, 0.3) is 10.8 Å². The number of piperidine rings is 1. The van der Waals surface area contributed by atoms with Gasteiger partial charge in [0.2, 0.25) is 21.8 Å². The maximum absolute atomic E-state index is 13.8. The van der Waals surface area contributed by atoms with E-state index in [-0.39, 0.29) is 29.7 Å². The van der Waals surface area contributed by atoms with Gasteiger partial charge in [-0.05, 0) is 104 Å². The van der Waals surface area contributed by atoms with Gasteiger partial charge in [0.05, 0.1) is 18.0 Å². The van der Waals surface area contributed by atoms with Crippen molar-refractivity contribution in [3.63, 3.8) is 0 Å². The molecule has 0 saturated carbocycles. The Bertz CT molecular complexity index is 1940. The van der Waals surface area contributed by atoms with E-state index in [9.17, 15) is 18.0 Å². The first kappa shape index (κ1) is 39.3. The maximum Gasteiger partial charge on any atom is 0.245 e. The zero-order valence-corrected chi connectivity index (χ0v) is 32.5. The molecule has 1 aliphatic heterocycles. The Labute approximate surface area is 313 Å². The van der Waals surface area contributed by atoms with Crippen molar-refractivity contribution in [3.8, 4) is 5.75 Å². The van der Waals surface area contributed by atoms with Crippen LogP contribution < -0.4 is 14.8 Å². The number of carbonyl (C=O) groups is 2. The predicted molar refractivity (Wildman–Crippen MR) is 208 cm³/mol. The van der Waals surface area contributed by atoms with E-state index < -0.39 is 28.0 Å². The summed E-state index contributed by atoms with van der Waals surface area (Å²) < 4.78 is 35.6. The molecule has 4 aromatic rings. The monoisotopic (exact) mass is 746 g/mol. The Morgan fingerprint density at radius 3 is 2.15 bits per heavy atom. The average molecular weight is 747 g/mol. The SMILES string of the molecule is COc1ccc2cc(S(=O)(=O)N[C@H](CC(=O)N[C@H](Cc3ccc(CN4[C@H](C)CCC[C@@H]4C)cc3)C(=O)N(C)C(C)C)c3ccc(Cl)cc3)ccc2c1. The lowest BCUT2D eigenvalue weighted by Gasteiger charge is -2.39. The molecule has 2 N–H and O–H groups in total. The summed E-state index contributed by atoms with van der Waals surface area (Å²) in [6, 6.07) is 24.4. The lowest BCUT2D eigenvalue weighted by molar-refractivity contribution is -0.136. The van der Waals surface area contributed by atoms with Crippen LogP contribution >= 0.6 is 11.6 Å². The lowest BCUT2D eigenvalue weighted by atomic mass is 9.96. The molecule has 1 fully saturated rings. The minimum atomic E-state index is -4.08. The highest BCUT2D eigenvalue weighted by Crippen LogP contribution is 2.28. The molecular weight excluding hydrogens is 696 g/mol. The predicted octanol–water partition coefficient (Wildman–Crippen LogP) is 7.27. The molecule has 0 aliphatic carbocycles. The van der Waals surface area contributed by atoms with Crippen molar-refractivity contribution in [1.29, 1.82) is 0 Å². The largest absolute Gasteiger partial charge is 0.497 e. The first-order valence-corrected chi connectivity index (χ1v) is 19.9. The highest BCUT2D eigenvalue weighted by molar-refractivity contribution is 7.89. The molecule has 0 unspecified atom stereocenters. The molecule has 1 aliphatic rings. The lowest BCUT2D eigenvalue weighted by Crippen LogP contribution is -2.50. The fraction of sp³-hybridized carbons (Fsp3) is 0.415. The summed E-state index contributed by atoms with van der Waals surface area (Å²) in [5.74, 6) is -0.0195. The number of fused-ring (bicyclic) bond motifs is 1. The van der Waals surface area contributed by atoms with Crippen LogP contribution in [0.1, 0.15) is 76.1 Å². The van der Waals surface area contributed by atoms with Crippen LogP contribution in [0.3, 0.4) is 0 Å². The number of hydrogen-bond donors (Lipinski definition) is 2. The molecule has 0 spiro atoms. The van der Waals surface area contributed by atoms with Gasteiger partial charge < -0.3 is 15.0 Å². The number of benzene rings is 4. The first-order chi connectivity index (χ1) is 24.7. The van der Waals surface area contributed by atoms with Crippen molar-refractivity contribution < 1.29 is 22.7 Å². The highest BCUT2D eigenvalue weighted by Gasteiger charge is 2.30. The van der Waals surface area contributed by atoms with Crippen molar-refractivity contribution in [2.45, 2.75) is 101 Å². The third-order valence-corrected chi connectivity index (χ3v) is 12.0. The molecule has 1 saturated heterocycles. The summed E-state index contributed by atoms with van der Waals surface area (Å²) >= 11 is 6.16. The minimum absolute atomic E-state index is 0.0591. The van der Waals surface area contributed by atoms with E-state index in [1.54, 1.807) is 67.6 Å². The third kappa shape index (κ3) is 9.92. The molecule has 52 heavy (non-hydrogen) atoms. The molecule has 9 nitrogen and oxygen atoms in total. The summed E-state index contributed by atoms with van der Waals surface area (Å²) in [6.45, 7) is 9.29. The third-order valence-electron chi connectivity index (χ3n) is 10.2. The Morgan fingerprint density at radius 1 is 0.904 bits per heavy atom. The molecular formula is C41H51ClN4O5S. The smallest absolute Gasteiger partial charge is 0.245 e. The molecule has 0 aromatic heterocycles. The van der Waals surface area contributed by atoms with Crippen molar-refractivity contribution in [1.82, 2.24) is 19.8 Å². The van der Waals surface area contributed by atoms with Crippen LogP contribution in [-0.4, -0.2) is 68.4 Å². The number of likely N-dealkylation sites (tertiary alicyclic amines) is 1. The molecule has 4 atom stereocenters. The summed E-state index contributed by atoms with van der Waals surface area (Å²) in [5.41, 5.74) is 2.69. The number of hydrogen-bond acceptors (Lipinski definition) is 6. The van der Waals surface area contributed by atoms with Crippen LogP contribution in [0.5, 0.6) is 5.75 Å². The van der Waals surface area contributed by atoms with E-state index in [0.717, 1.165) is 22.9 Å². The van der Waals surface area contributed by atoms with E-state index in [4.69, 9.17) is 16.3 Å². The van der Waals surface area contributed by atoms with Crippen LogP contribution in [0.15, 0.2) is 89.8 Å². The summed E-state index contributed by atoms with van der Waals surface area (Å²) in [5, 5.41) is 4.99. The fourth-order valence-electron chi connectivity index (χ4n) is 6.83. The second-order valence-electron chi connectivity index (χ2n) is 14.3. The molecule has 5 rings (SSSR count). The number of carbonyl (C=O) groups excluding carboxylic acids is 2. The first-order valence-electron chi connectivity index (χ1n) is 18.0. The van der Waals surface area contributed by atoms with Crippen LogP contribution in [-0.2, 0) is 32.6 Å². The number of nitrogens with zero attached hydrogens (tertiary/aromatic N) is 2. The number of amides is 2. The minimum Gasteiger partial charge on any atom is -0.497 e. The molecule has 4 aromatic carbocycles. The Hall–Kier alpha value is -3.96. The normalized spacial score (nSPS) is 17.8. The summed E-state index contributed by atoms with van der Waals surface area (Å²) in [6.07, 6.45) is 3.71. The topological polar surface area (TPSA) is 108 Å². The molecule has 0 radical (unpaired) electrons. The van der Waals surface area contributed by atoms with E-state index in [1.807, 2.05) is 32.0 Å². The molecule has 1 heterocycles. The molecule has 11 heteroatoms. The van der Waals surface area contributed by atoms with Crippen molar-refractivity contribution in [2.24, 2.45) is 0 Å². The van der Waals surface area contributed by atoms with Crippen LogP contribution in [0.4, 0.5) is 0 Å². The molecule has 0 bridgehead atoms. The van der Waals surface area contributed by atoms with Gasteiger partial charge in [-0.25, -0.2) is 13.1 Å². The van der Waals surface area contributed by atoms with E-state index in [2.05, 4.69) is 40.9 Å². The fourth-order valence-corrected chi connectivity index (χ4v) is 8.21. The van der Waals surface area contributed by atoms with Crippen molar-refractivity contribution >= 4 is 44.2 Å². The summed E-state index contributed by atoms with van der Waals surface area (Å²) in [7, 11) is -0.785. The van der Waals surface area contributed by atoms with Gasteiger partial charge in [-0.3, -0.25) is 14.5 Å². The number of methoxy groups -OCH3 is 1. The second-order valence-corrected chi connectivity index (χ2v) is 16.4. The van der Waals surface area contributed by atoms with E-state index >= 15 is 0 Å². The summed E-state index contributed by atoms with van der Waals surface area (Å²) in [4.78, 5) is 31.8. The van der Waals surface area contributed by atoms with Gasteiger partial charge in [0.15, 0.2) is 0 Å². The zero-order chi connectivity index (χ0) is 37.6. The maximum atomic E-state index is 13.8. The number of halogens is 1. The van der Waals surface area contributed by atoms with Gasteiger partial charge in [-0.1, -0.05) is 66.6 Å². The van der Waals surface area contributed by atoms with Crippen molar-refractivity contribution in [2.75, 3.05) is 14.2 Å². The second kappa shape index (κ2) is 17.2. The zero-order valence-electron chi connectivity index (χ0n) is 30.9. The average Bonchev–Trinajstić information content (AvgIpc) is 3.12. The van der Waals surface area contributed by atoms with Gasteiger partial charge in [0.1, 0.15) is 11.8 Å². The molecule has 2 amide bonds.